The average molecular weight is 432 g/mol. The van der Waals surface area contributed by atoms with Crippen molar-refractivity contribution in [2.75, 3.05) is 17.7 Å². The second-order valence-electron chi connectivity index (χ2n) is 5.96. The number of aromatic nitrogens is 1. The largest absolute Gasteiger partial charge is 0.493 e. The number of amides is 2. The predicted molar refractivity (Wildman–Crippen MR) is 113 cm³/mol. The Bertz CT molecular complexity index is 1020. The van der Waals surface area contributed by atoms with E-state index < -0.39 is 0 Å². The fraction of sp³-hybridized carbons (Fsp3) is 0.150. The molecule has 0 fully saturated rings. The maximum atomic E-state index is 12.6. The minimum absolute atomic E-state index is 0.206. The number of ether oxygens (including phenoxy) is 2. The van der Waals surface area contributed by atoms with Crippen molar-refractivity contribution in [3.8, 4) is 11.5 Å². The highest BCUT2D eigenvalue weighted by molar-refractivity contribution is 7.07. The highest BCUT2D eigenvalue weighted by Gasteiger charge is 2.13. The third-order valence-corrected chi connectivity index (χ3v) is 4.77. The highest BCUT2D eigenvalue weighted by atomic mass is 35.5. The lowest BCUT2D eigenvalue weighted by atomic mass is 10.1. The summed E-state index contributed by atoms with van der Waals surface area (Å²) in [5.41, 5.74) is 3.90. The Kier molecular flexibility index (Phi) is 6.69. The highest BCUT2D eigenvalue weighted by Crippen LogP contribution is 2.30. The number of thiazole rings is 1. The van der Waals surface area contributed by atoms with Gasteiger partial charge in [0.1, 0.15) is 6.61 Å². The van der Waals surface area contributed by atoms with Gasteiger partial charge >= 0.3 is 0 Å². The molecule has 0 aliphatic carbocycles. The quantitative estimate of drug-likeness (QED) is 0.570. The van der Waals surface area contributed by atoms with E-state index in [4.69, 9.17) is 21.1 Å². The number of hydrogen-bond donors (Lipinski definition) is 2. The average Bonchev–Trinajstić information content (AvgIpc) is 3.21. The molecule has 0 atom stereocenters. The summed E-state index contributed by atoms with van der Waals surface area (Å²) in [5.74, 6) is 0.375. The molecule has 0 saturated carbocycles. The first-order chi connectivity index (χ1) is 14.0. The third kappa shape index (κ3) is 5.46. The molecule has 3 rings (SSSR count). The van der Waals surface area contributed by atoms with E-state index in [2.05, 4.69) is 15.6 Å². The van der Waals surface area contributed by atoms with Gasteiger partial charge in [-0.05, 0) is 36.4 Å². The van der Waals surface area contributed by atoms with Gasteiger partial charge in [-0.25, -0.2) is 4.98 Å². The van der Waals surface area contributed by atoms with Gasteiger partial charge in [-0.3, -0.25) is 9.59 Å². The smallest absolute Gasteiger partial charge is 0.255 e. The number of methoxy groups -OCH3 is 1. The first kappa shape index (κ1) is 20.6. The Hall–Kier alpha value is -3.10. The van der Waals surface area contributed by atoms with E-state index in [-0.39, 0.29) is 11.8 Å². The molecule has 0 bridgehead atoms. The fourth-order valence-corrected chi connectivity index (χ4v) is 3.25. The monoisotopic (exact) mass is 431 g/mol. The van der Waals surface area contributed by atoms with Crippen LogP contribution in [-0.2, 0) is 11.4 Å². The van der Waals surface area contributed by atoms with Gasteiger partial charge < -0.3 is 20.1 Å². The van der Waals surface area contributed by atoms with Gasteiger partial charge in [0.25, 0.3) is 5.91 Å². The first-order valence-corrected chi connectivity index (χ1v) is 9.84. The molecule has 7 nitrogen and oxygen atoms in total. The van der Waals surface area contributed by atoms with Crippen LogP contribution in [0.2, 0.25) is 5.02 Å². The summed E-state index contributed by atoms with van der Waals surface area (Å²) in [4.78, 5) is 27.9. The summed E-state index contributed by atoms with van der Waals surface area (Å²) in [6.45, 7) is 1.71. The van der Waals surface area contributed by atoms with Crippen LogP contribution in [0.4, 0.5) is 11.4 Å². The third-order valence-electron chi connectivity index (χ3n) is 3.82. The van der Waals surface area contributed by atoms with Crippen LogP contribution >= 0.6 is 22.9 Å². The van der Waals surface area contributed by atoms with Crippen molar-refractivity contribution in [1.82, 2.24) is 4.98 Å². The topological polar surface area (TPSA) is 89.6 Å². The molecule has 0 unspecified atom stereocenters. The zero-order valence-corrected chi connectivity index (χ0v) is 17.3. The number of halogens is 1. The molecule has 0 saturated heterocycles. The Balaban J connectivity index is 1.71. The van der Waals surface area contributed by atoms with Gasteiger partial charge in [0, 0.05) is 23.6 Å². The number of benzene rings is 2. The van der Waals surface area contributed by atoms with Crippen molar-refractivity contribution in [1.29, 1.82) is 0 Å². The van der Waals surface area contributed by atoms with Gasteiger partial charge in [-0.15, -0.1) is 11.3 Å². The number of rotatable bonds is 7. The van der Waals surface area contributed by atoms with Crippen LogP contribution < -0.4 is 20.1 Å². The van der Waals surface area contributed by atoms with E-state index in [1.54, 1.807) is 41.9 Å². The molecular weight excluding hydrogens is 414 g/mol. The van der Waals surface area contributed by atoms with Crippen molar-refractivity contribution in [2.24, 2.45) is 0 Å². The van der Waals surface area contributed by atoms with Gasteiger partial charge in [-0.1, -0.05) is 11.6 Å². The summed E-state index contributed by atoms with van der Waals surface area (Å²) in [6, 6.07) is 9.72. The van der Waals surface area contributed by atoms with Crippen LogP contribution in [0.5, 0.6) is 11.5 Å². The van der Waals surface area contributed by atoms with Crippen molar-refractivity contribution in [3.05, 3.63) is 63.6 Å². The van der Waals surface area contributed by atoms with Gasteiger partial charge in [0.2, 0.25) is 5.91 Å². The van der Waals surface area contributed by atoms with Crippen LogP contribution in [-0.4, -0.2) is 23.9 Å². The summed E-state index contributed by atoms with van der Waals surface area (Å²) < 4.78 is 11.1. The van der Waals surface area contributed by atoms with Gasteiger partial charge in [0.15, 0.2) is 11.5 Å². The van der Waals surface area contributed by atoms with Crippen molar-refractivity contribution < 1.29 is 19.1 Å². The minimum atomic E-state index is -0.358. The molecule has 1 aromatic heterocycles. The lowest BCUT2D eigenvalue weighted by Gasteiger charge is -2.13. The molecular formula is C20H18ClN3O4S. The van der Waals surface area contributed by atoms with Crippen LogP contribution in [0.25, 0.3) is 0 Å². The summed E-state index contributed by atoms with van der Waals surface area (Å²) in [6.07, 6.45) is 0. The number of nitrogens with zero attached hydrogens (tertiary/aromatic N) is 1. The summed E-state index contributed by atoms with van der Waals surface area (Å²) in [7, 11) is 1.50. The summed E-state index contributed by atoms with van der Waals surface area (Å²) in [5, 5.41) is 7.58. The number of carbonyl (C=O) groups excluding carboxylic acids is 2. The minimum Gasteiger partial charge on any atom is -0.493 e. The normalized spacial score (nSPS) is 10.3. The summed E-state index contributed by atoms with van der Waals surface area (Å²) >= 11 is 7.69. The van der Waals surface area contributed by atoms with E-state index >= 15 is 0 Å². The van der Waals surface area contributed by atoms with E-state index in [9.17, 15) is 9.59 Å². The van der Waals surface area contributed by atoms with E-state index in [1.807, 2.05) is 5.38 Å². The molecule has 9 heteroatoms. The van der Waals surface area contributed by atoms with Crippen LogP contribution in [0, 0.1) is 0 Å². The second kappa shape index (κ2) is 9.40. The molecule has 3 aromatic rings. The zero-order valence-electron chi connectivity index (χ0n) is 15.7. The molecule has 1 heterocycles. The first-order valence-electron chi connectivity index (χ1n) is 8.52. The Morgan fingerprint density at radius 1 is 1.14 bits per heavy atom. The molecule has 0 aliphatic rings. The molecule has 0 aliphatic heterocycles. The second-order valence-corrected chi connectivity index (χ2v) is 7.09. The fourth-order valence-electron chi connectivity index (χ4n) is 2.48. The number of nitrogens with one attached hydrogen (secondary N) is 2. The lowest BCUT2D eigenvalue weighted by Crippen LogP contribution is -2.13. The van der Waals surface area contributed by atoms with Crippen LogP contribution in [0.1, 0.15) is 23.0 Å². The molecule has 2 aromatic carbocycles. The van der Waals surface area contributed by atoms with Crippen LogP contribution in [0.15, 0.2) is 47.3 Å². The lowest BCUT2D eigenvalue weighted by molar-refractivity contribution is -0.114. The Labute approximate surface area is 176 Å². The maximum Gasteiger partial charge on any atom is 0.255 e. The molecule has 150 valence electrons. The number of hydrogen-bond acceptors (Lipinski definition) is 6. The molecule has 0 radical (unpaired) electrons. The van der Waals surface area contributed by atoms with Gasteiger partial charge in [0.05, 0.1) is 29.0 Å². The Morgan fingerprint density at radius 3 is 2.62 bits per heavy atom. The van der Waals surface area contributed by atoms with Crippen molar-refractivity contribution in [3.63, 3.8) is 0 Å². The molecule has 2 amide bonds. The predicted octanol–water partition coefficient (Wildman–Crippen LogP) is 4.59. The Morgan fingerprint density at radius 2 is 1.97 bits per heavy atom. The maximum absolute atomic E-state index is 12.6. The molecule has 29 heavy (non-hydrogen) atoms. The number of carbonyl (C=O) groups is 2. The zero-order chi connectivity index (χ0) is 20.8. The van der Waals surface area contributed by atoms with E-state index in [1.165, 1.54) is 25.4 Å². The van der Waals surface area contributed by atoms with Crippen molar-refractivity contribution in [2.45, 2.75) is 13.5 Å². The molecule has 0 spiro atoms. The standard InChI is InChI=1S/C20H18ClN3O4S/c1-12(25)23-14-4-5-17(16(21)8-14)24-20(26)13-3-6-18(19(7-13)27-2)28-9-15-10-29-11-22-15/h3-8,10-11H,9H2,1-2H3,(H,23,25)(H,24,26). The van der Waals surface area contributed by atoms with Crippen molar-refractivity contribution >= 4 is 46.1 Å². The SMILES string of the molecule is COc1cc(C(=O)Nc2ccc(NC(C)=O)cc2Cl)ccc1OCc1cscn1. The number of anilines is 2. The van der Waals surface area contributed by atoms with E-state index in [0.29, 0.717) is 40.1 Å². The molecule has 2 N–H and O–H groups in total. The van der Waals surface area contributed by atoms with E-state index in [0.717, 1.165) is 5.69 Å². The van der Waals surface area contributed by atoms with Gasteiger partial charge in [-0.2, -0.15) is 0 Å². The van der Waals surface area contributed by atoms with Crippen LogP contribution in [0.3, 0.4) is 0 Å².